The van der Waals surface area contributed by atoms with E-state index in [0.29, 0.717) is 29.5 Å². The maximum Gasteiger partial charge on any atom is 0.421 e. The van der Waals surface area contributed by atoms with Crippen molar-refractivity contribution in [2.24, 2.45) is 52.3 Å². The number of sulfonamides is 1. The predicted molar refractivity (Wildman–Crippen MR) is 162 cm³/mol. The Bertz CT molecular complexity index is 1440. The molecule has 1 amide bonds. The molecule has 5 unspecified atom stereocenters. The lowest BCUT2D eigenvalue weighted by atomic mass is 9.41. The van der Waals surface area contributed by atoms with Crippen molar-refractivity contribution in [3.05, 3.63) is 31.0 Å². The number of pyridine rings is 1. The molecule has 0 saturated heterocycles. The Morgan fingerprint density at radius 3 is 2.55 bits per heavy atom. The van der Waals surface area contributed by atoms with E-state index in [2.05, 4.69) is 42.8 Å². The van der Waals surface area contributed by atoms with Gasteiger partial charge in [-0.2, -0.15) is 5.10 Å². The van der Waals surface area contributed by atoms with Gasteiger partial charge in [-0.25, -0.2) is 32.6 Å². The van der Waals surface area contributed by atoms with E-state index in [0.717, 1.165) is 57.6 Å². The van der Waals surface area contributed by atoms with Crippen molar-refractivity contribution in [1.82, 2.24) is 24.5 Å². The van der Waals surface area contributed by atoms with Gasteiger partial charge in [0.25, 0.3) is 10.0 Å². The van der Waals surface area contributed by atoms with Gasteiger partial charge in [0.1, 0.15) is 17.6 Å². The van der Waals surface area contributed by atoms with Crippen LogP contribution in [-0.2, 0) is 14.8 Å². The topological polar surface area (TPSA) is 157 Å². The number of fused-ring (bicyclic) bond motifs is 5. The number of aliphatic hydroxyl groups is 2. The average Bonchev–Trinajstić information content (AvgIpc) is 3.65. The zero-order valence-corrected chi connectivity index (χ0v) is 27.0. The van der Waals surface area contributed by atoms with Crippen LogP contribution >= 0.6 is 0 Å². The van der Waals surface area contributed by atoms with Gasteiger partial charge in [0.05, 0.1) is 18.8 Å². The molecule has 242 valence electrons. The van der Waals surface area contributed by atoms with Crippen LogP contribution in [0.4, 0.5) is 4.79 Å². The molecule has 6 rings (SSSR count). The minimum atomic E-state index is -4.17. The van der Waals surface area contributed by atoms with E-state index >= 15 is 0 Å². The number of nitrogens with zero attached hydrogens (tertiary/aromatic N) is 4. The van der Waals surface area contributed by atoms with Gasteiger partial charge in [-0.1, -0.05) is 34.1 Å². The molecule has 4 aliphatic rings. The summed E-state index contributed by atoms with van der Waals surface area (Å²) in [5, 5.41) is 26.4. The zero-order valence-electron chi connectivity index (χ0n) is 26.2. The Hall–Kier alpha value is -2.57. The smallest absolute Gasteiger partial charge is 0.421 e. The molecule has 12 heteroatoms. The van der Waals surface area contributed by atoms with Crippen LogP contribution in [-0.4, -0.2) is 63.3 Å². The summed E-state index contributed by atoms with van der Waals surface area (Å²) in [4.78, 5) is 20.4. The second kappa shape index (κ2) is 11.7. The van der Waals surface area contributed by atoms with E-state index in [1.54, 1.807) is 0 Å². The van der Waals surface area contributed by atoms with Crippen molar-refractivity contribution in [1.29, 1.82) is 0 Å². The third kappa shape index (κ3) is 5.24. The van der Waals surface area contributed by atoms with E-state index in [1.165, 1.54) is 29.5 Å². The summed E-state index contributed by atoms with van der Waals surface area (Å²) in [5.74, 6) is 2.39. The van der Waals surface area contributed by atoms with Crippen molar-refractivity contribution in [3.63, 3.8) is 0 Å². The lowest BCUT2D eigenvalue weighted by molar-refractivity contribution is -0.203. The second-order valence-electron chi connectivity index (χ2n) is 14.5. The standard InChI is InChI=1S/C32H47N5O6S/c1-5-22-26-14-20(38)10-12-32(26,4)25-11-13-31(3)23(7-8-24(31)28(25)29(22)39)19(2)16-43-30(40)36-44(41,42)21-6-9-27(34-15-21)37-18-33-17-35-37/h6,9,15,17-20,22-26,28-29,38-39H,5,7-8,10-14,16H2,1-4H3,(H,36,40)/t19-,20-,22-,23?,24?,25?,26?,28?,29-,31-,32-/m1/s1. The van der Waals surface area contributed by atoms with E-state index in [9.17, 15) is 23.4 Å². The molecule has 11 atom stereocenters. The van der Waals surface area contributed by atoms with Crippen LogP contribution in [0.5, 0.6) is 0 Å². The normalized spacial score (nSPS) is 39.0. The van der Waals surface area contributed by atoms with Crippen LogP contribution in [0.2, 0.25) is 0 Å². The van der Waals surface area contributed by atoms with Crippen LogP contribution in [0.1, 0.15) is 79.1 Å². The highest BCUT2D eigenvalue weighted by Crippen LogP contribution is 2.69. The Labute approximate surface area is 260 Å². The van der Waals surface area contributed by atoms with Crippen molar-refractivity contribution in [2.75, 3.05) is 6.61 Å². The molecule has 0 bridgehead atoms. The highest BCUT2D eigenvalue weighted by Gasteiger charge is 2.64. The summed E-state index contributed by atoms with van der Waals surface area (Å²) in [6.45, 7) is 9.20. The third-order valence-corrected chi connectivity index (χ3v) is 13.8. The van der Waals surface area contributed by atoms with E-state index in [4.69, 9.17) is 4.74 Å². The number of carbonyl (C=O) groups is 1. The lowest BCUT2D eigenvalue weighted by Crippen LogP contribution is -2.62. The third-order valence-electron chi connectivity index (χ3n) is 12.5. The van der Waals surface area contributed by atoms with Gasteiger partial charge in [0.15, 0.2) is 5.82 Å². The molecule has 2 aromatic heterocycles. The molecule has 0 radical (unpaired) electrons. The molecule has 4 fully saturated rings. The summed E-state index contributed by atoms with van der Waals surface area (Å²) in [7, 11) is -4.17. The molecule has 11 nitrogen and oxygen atoms in total. The Morgan fingerprint density at radius 2 is 1.86 bits per heavy atom. The molecule has 0 aromatic carbocycles. The first kappa shape index (κ1) is 31.4. The first-order valence-corrected chi connectivity index (χ1v) is 17.7. The summed E-state index contributed by atoms with van der Waals surface area (Å²) < 4.78 is 34.5. The van der Waals surface area contributed by atoms with Crippen molar-refractivity contribution < 1.29 is 28.2 Å². The molecule has 0 spiro atoms. The summed E-state index contributed by atoms with van der Waals surface area (Å²) >= 11 is 0. The number of hydrogen-bond acceptors (Lipinski definition) is 9. The number of ether oxygens (including phenoxy) is 1. The predicted octanol–water partition coefficient (Wildman–Crippen LogP) is 4.34. The molecular weight excluding hydrogens is 582 g/mol. The molecule has 44 heavy (non-hydrogen) atoms. The van der Waals surface area contributed by atoms with Gasteiger partial charge in [-0.05, 0) is 109 Å². The minimum absolute atomic E-state index is 0.0145. The number of hydrogen-bond donors (Lipinski definition) is 3. The number of rotatable bonds is 7. The largest absolute Gasteiger partial charge is 0.449 e. The number of aromatic nitrogens is 4. The molecule has 2 heterocycles. The highest BCUT2D eigenvalue weighted by atomic mass is 32.2. The van der Waals surface area contributed by atoms with Gasteiger partial charge in [0, 0.05) is 6.20 Å². The fourth-order valence-electron chi connectivity index (χ4n) is 10.4. The van der Waals surface area contributed by atoms with Crippen molar-refractivity contribution in [2.45, 2.75) is 96.2 Å². The lowest BCUT2D eigenvalue weighted by Gasteiger charge is -2.64. The van der Waals surface area contributed by atoms with E-state index in [-0.39, 0.29) is 52.3 Å². The summed E-state index contributed by atoms with van der Waals surface area (Å²) in [5.41, 5.74) is 0.161. The van der Waals surface area contributed by atoms with E-state index in [1.807, 2.05) is 4.72 Å². The van der Waals surface area contributed by atoms with Gasteiger partial charge in [0.2, 0.25) is 0 Å². The quantitative estimate of drug-likeness (QED) is 0.405. The number of aliphatic hydroxyl groups excluding tert-OH is 2. The molecule has 4 aliphatic carbocycles. The highest BCUT2D eigenvalue weighted by molar-refractivity contribution is 7.90. The number of carbonyl (C=O) groups excluding carboxylic acids is 1. The monoisotopic (exact) mass is 629 g/mol. The van der Waals surface area contributed by atoms with Gasteiger partial charge in [-0.15, -0.1) is 0 Å². The number of amides is 1. The van der Waals surface area contributed by atoms with Crippen molar-refractivity contribution in [3.8, 4) is 5.82 Å². The molecule has 4 saturated carbocycles. The molecule has 2 aromatic rings. The zero-order chi connectivity index (χ0) is 31.4. The van der Waals surface area contributed by atoms with Gasteiger partial charge < -0.3 is 14.9 Å². The summed E-state index contributed by atoms with van der Waals surface area (Å²) in [6, 6.07) is 2.83. The Morgan fingerprint density at radius 1 is 1.11 bits per heavy atom. The molecular formula is C32H47N5O6S. The maximum absolute atomic E-state index is 12.8. The van der Waals surface area contributed by atoms with Gasteiger partial charge >= 0.3 is 6.09 Å². The van der Waals surface area contributed by atoms with Gasteiger partial charge in [-0.3, -0.25) is 0 Å². The molecule has 0 aliphatic heterocycles. The average molecular weight is 630 g/mol. The minimum Gasteiger partial charge on any atom is -0.449 e. The molecule has 3 N–H and O–H groups in total. The Balaban J connectivity index is 1.10. The summed E-state index contributed by atoms with van der Waals surface area (Å²) in [6.07, 6.45) is 10.1. The van der Waals surface area contributed by atoms with Crippen LogP contribution in [0.25, 0.3) is 5.82 Å². The van der Waals surface area contributed by atoms with Crippen LogP contribution in [0.15, 0.2) is 35.9 Å². The Kier molecular flexibility index (Phi) is 8.32. The van der Waals surface area contributed by atoms with Crippen LogP contribution in [0.3, 0.4) is 0 Å². The fourth-order valence-corrected chi connectivity index (χ4v) is 11.3. The number of nitrogens with one attached hydrogen (secondary N) is 1. The first-order valence-electron chi connectivity index (χ1n) is 16.3. The van der Waals surface area contributed by atoms with Crippen molar-refractivity contribution >= 4 is 16.1 Å². The second-order valence-corrected chi connectivity index (χ2v) is 16.2. The first-order chi connectivity index (χ1) is 20.9. The van der Waals surface area contributed by atoms with Crippen LogP contribution < -0.4 is 4.72 Å². The maximum atomic E-state index is 12.8. The fraction of sp³-hybridized carbons (Fsp3) is 0.750. The SMILES string of the molecule is CC[C@@H]1C2C[C@H](O)CC[C@]2(C)C2CC[C@@]3(C)C(CCC3[C@H](C)COC(=O)NS(=O)(=O)c3ccc(-n4cncn4)nc3)C2[C@@H]1O. The van der Waals surface area contributed by atoms with Crippen LogP contribution in [0, 0.1) is 52.3 Å². The van der Waals surface area contributed by atoms with E-state index < -0.39 is 16.1 Å².